The molecular weight excluding hydrogens is 644 g/mol. The number of nitrogens with zero attached hydrogens (tertiary/aromatic N) is 2. The fraction of sp³-hybridized carbons (Fsp3) is 0.355. The molecule has 0 radical (unpaired) electrons. The highest BCUT2D eigenvalue weighted by Crippen LogP contribution is 2.31. The summed E-state index contributed by atoms with van der Waals surface area (Å²) < 4.78 is 35.8. The Morgan fingerprint density at radius 1 is 0.783 bits per heavy atom. The maximum absolute atomic E-state index is 12.4. The third-order valence-electron chi connectivity index (χ3n) is 6.32. The number of hydrogen-bond acceptors (Lipinski definition) is 13. The Morgan fingerprint density at radius 2 is 1.26 bits per heavy atom. The number of benzene rings is 1. The summed E-state index contributed by atoms with van der Waals surface area (Å²) in [7, 11) is -1.29. The summed E-state index contributed by atoms with van der Waals surface area (Å²) in [5, 5.41) is 20.5. The molecule has 2 heterocycles. The molecule has 2 aromatic heterocycles. The van der Waals surface area contributed by atoms with Gasteiger partial charge in [0.2, 0.25) is 0 Å². The molecule has 0 bridgehead atoms. The smallest absolute Gasteiger partial charge is 0.311 e. The topological polar surface area (TPSA) is 196 Å². The van der Waals surface area contributed by atoms with E-state index in [0.29, 0.717) is 10.6 Å². The number of pyridine rings is 2. The molecule has 0 saturated heterocycles. The van der Waals surface area contributed by atoms with Crippen LogP contribution in [0.5, 0.6) is 17.2 Å². The molecule has 0 aliphatic heterocycles. The Balaban J connectivity index is 0.000000322. The van der Waals surface area contributed by atoms with Crippen molar-refractivity contribution in [3.8, 4) is 28.4 Å². The largest absolute Gasteiger partial charge is 0.506 e. The number of hydrogen-bond donors (Lipinski definition) is 2. The molecule has 3 aromatic rings. The van der Waals surface area contributed by atoms with Gasteiger partial charge in [-0.25, -0.2) is 9.97 Å². The van der Waals surface area contributed by atoms with Gasteiger partial charge >= 0.3 is 22.1 Å². The second-order valence-electron chi connectivity index (χ2n) is 11.4. The fourth-order valence-corrected chi connectivity index (χ4v) is 4.66. The molecule has 0 saturated carbocycles. The molecule has 0 aliphatic carbocycles. The van der Waals surface area contributed by atoms with Gasteiger partial charge in [0.05, 0.1) is 37.5 Å². The first-order valence-electron chi connectivity index (χ1n) is 13.5. The van der Waals surface area contributed by atoms with Gasteiger partial charge in [-0.2, -0.15) is 8.42 Å². The van der Waals surface area contributed by atoms with Crippen molar-refractivity contribution >= 4 is 45.2 Å². The zero-order chi connectivity index (χ0) is 35.0. The number of methoxy groups -OCH3 is 2. The van der Waals surface area contributed by atoms with E-state index in [0.717, 1.165) is 24.1 Å². The molecule has 0 unspecified atom stereocenters. The van der Waals surface area contributed by atoms with Crippen LogP contribution in [0.4, 0.5) is 0 Å². The standard InChI is InChI=1S/C18H18ClNO4.C13H17NO7S/c1-18(2,17(23)24-3)9-15(22)16-14(21)8-12(10-20-16)11-5-4-6-13(19)7-11;1-13(2,12(17)20-3)6-10(16)11-9(15)5-8(7-14-11)21-22(4,18)19/h4-8,10,21H,9H2,1-3H3;5,7,15H,6H2,1-4H3. The minimum absolute atomic E-state index is 0.0715. The van der Waals surface area contributed by atoms with Crippen molar-refractivity contribution in [1.82, 2.24) is 9.97 Å². The normalized spacial score (nSPS) is 11.5. The summed E-state index contributed by atoms with van der Waals surface area (Å²) >= 11 is 5.95. The summed E-state index contributed by atoms with van der Waals surface area (Å²) in [6.45, 7) is 6.26. The number of aromatic hydroxyl groups is 2. The lowest BCUT2D eigenvalue weighted by Gasteiger charge is -2.20. The number of carbonyl (C=O) groups excluding carboxylic acids is 4. The van der Waals surface area contributed by atoms with E-state index in [1.807, 2.05) is 6.07 Å². The van der Waals surface area contributed by atoms with Gasteiger partial charge in [0.25, 0.3) is 0 Å². The first kappa shape index (κ1) is 37.6. The summed E-state index contributed by atoms with van der Waals surface area (Å²) in [5.74, 6) is -3.07. The van der Waals surface area contributed by atoms with Crippen molar-refractivity contribution in [3.63, 3.8) is 0 Å². The van der Waals surface area contributed by atoms with Crippen molar-refractivity contribution in [2.45, 2.75) is 40.5 Å². The second kappa shape index (κ2) is 15.1. The molecular formula is C31H35ClN2O11S. The number of aromatic nitrogens is 2. The quantitative estimate of drug-likeness (QED) is 0.160. The van der Waals surface area contributed by atoms with Crippen molar-refractivity contribution in [2.24, 2.45) is 10.8 Å². The van der Waals surface area contributed by atoms with Crippen molar-refractivity contribution in [1.29, 1.82) is 0 Å². The van der Waals surface area contributed by atoms with E-state index in [-0.39, 0.29) is 35.7 Å². The number of carbonyl (C=O) groups is 4. The Kier molecular flexibility index (Phi) is 12.4. The Labute approximate surface area is 271 Å². The number of rotatable bonds is 11. The minimum atomic E-state index is -3.77. The van der Waals surface area contributed by atoms with E-state index in [1.165, 1.54) is 40.3 Å². The third kappa shape index (κ3) is 10.5. The number of ketones is 2. The molecule has 0 fully saturated rings. The van der Waals surface area contributed by atoms with Gasteiger partial charge in [-0.3, -0.25) is 19.2 Å². The van der Waals surface area contributed by atoms with Crippen LogP contribution >= 0.6 is 11.6 Å². The summed E-state index contributed by atoms with van der Waals surface area (Å²) in [4.78, 5) is 55.4. The van der Waals surface area contributed by atoms with E-state index in [4.69, 9.17) is 11.6 Å². The SMILES string of the molecule is COC(=O)C(C)(C)CC(=O)c1ncc(-c2cccc(Cl)c2)cc1O.COC(=O)C(C)(C)CC(=O)c1ncc(OS(C)(=O)=O)cc1O. The summed E-state index contributed by atoms with van der Waals surface area (Å²) in [6, 6.07) is 9.51. The van der Waals surface area contributed by atoms with Crippen molar-refractivity contribution < 1.29 is 51.5 Å². The number of halogens is 1. The van der Waals surface area contributed by atoms with Gasteiger partial charge in [-0.15, -0.1) is 0 Å². The first-order valence-corrected chi connectivity index (χ1v) is 15.7. The van der Waals surface area contributed by atoms with E-state index < -0.39 is 50.2 Å². The van der Waals surface area contributed by atoms with Crippen LogP contribution in [0, 0.1) is 10.8 Å². The molecule has 0 amide bonds. The van der Waals surface area contributed by atoms with Crippen LogP contribution in [0.1, 0.15) is 61.5 Å². The van der Waals surface area contributed by atoms with Crippen LogP contribution in [0.2, 0.25) is 5.02 Å². The van der Waals surface area contributed by atoms with Gasteiger partial charge in [-0.05, 0) is 51.5 Å². The van der Waals surface area contributed by atoms with Gasteiger partial charge in [0.15, 0.2) is 17.3 Å². The van der Waals surface area contributed by atoms with E-state index in [1.54, 1.807) is 32.0 Å². The Morgan fingerprint density at radius 3 is 1.67 bits per heavy atom. The highest BCUT2D eigenvalue weighted by atomic mass is 35.5. The Hall–Kier alpha value is -4.56. The highest BCUT2D eigenvalue weighted by molar-refractivity contribution is 7.86. The number of esters is 2. The average molecular weight is 679 g/mol. The average Bonchev–Trinajstić information content (AvgIpc) is 2.95. The molecule has 248 valence electrons. The zero-order valence-corrected chi connectivity index (χ0v) is 27.9. The van der Waals surface area contributed by atoms with E-state index >= 15 is 0 Å². The van der Waals surface area contributed by atoms with Gasteiger partial charge in [-0.1, -0.05) is 23.7 Å². The summed E-state index contributed by atoms with van der Waals surface area (Å²) in [5.41, 5.74) is -1.01. The van der Waals surface area contributed by atoms with Crippen LogP contribution in [-0.4, -0.2) is 72.6 Å². The van der Waals surface area contributed by atoms with Crippen molar-refractivity contribution in [2.75, 3.05) is 20.5 Å². The van der Waals surface area contributed by atoms with E-state index in [2.05, 4.69) is 23.6 Å². The predicted octanol–water partition coefficient (Wildman–Crippen LogP) is 4.78. The van der Waals surface area contributed by atoms with Gasteiger partial charge in [0.1, 0.15) is 22.9 Å². The molecule has 3 rings (SSSR count). The maximum Gasteiger partial charge on any atom is 0.311 e. The van der Waals surface area contributed by atoms with Gasteiger partial charge in [0, 0.05) is 35.7 Å². The van der Waals surface area contributed by atoms with Crippen molar-refractivity contribution in [3.05, 3.63) is 65.2 Å². The van der Waals surface area contributed by atoms with Crippen LogP contribution in [-0.2, 0) is 29.2 Å². The van der Waals surface area contributed by atoms with E-state index in [9.17, 15) is 37.8 Å². The number of Topliss-reactive ketones (excluding diaryl/α,β-unsaturated/α-hetero) is 2. The molecule has 0 aliphatic rings. The molecule has 46 heavy (non-hydrogen) atoms. The first-order chi connectivity index (χ1) is 21.2. The fourth-order valence-electron chi connectivity index (χ4n) is 4.03. The van der Waals surface area contributed by atoms with Crippen LogP contribution in [0.25, 0.3) is 11.1 Å². The Bertz CT molecular complexity index is 1740. The zero-order valence-electron chi connectivity index (χ0n) is 26.3. The second-order valence-corrected chi connectivity index (χ2v) is 13.4. The van der Waals surface area contributed by atoms with Crippen LogP contribution < -0.4 is 4.18 Å². The molecule has 2 N–H and O–H groups in total. The lowest BCUT2D eigenvalue weighted by molar-refractivity contribution is -0.151. The lowest BCUT2D eigenvalue weighted by Crippen LogP contribution is -2.28. The summed E-state index contributed by atoms with van der Waals surface area (Å²) in [6.07, 6.45) is 2.98. The molecule has 15 heteroatoms. The molecule has 0 atom stereocenters. The highest BCUT2D eigenvalue weighted by Gasteiger charge is 2.34. The lowest BCUT2D eigenvalue weighted by atomic mass is 9.86. The molecule has 13 nitrogen and oxygen atoms in total. The maximum atomic E-state index is 12.4. The van der Waals surface area contributed by atoms with Crippen LogP contribution in [0.15, 0.2) is 48.8 Å². The van der Waals surface area contributed by atoms with Crippen LogP contribution in [0.3, 0.4) is 0 Å². The van der Waals surface area contributed by atoms with Gasteiger partial charge < -0.3 is 23.9 Å². The molecule has 0 spiro atoms. The predicted molar refractivity (Wildman–Crippen MR) is 167 cm³/mol. The third-order valence-corrected chi connectivity index (χ3v) is 7.06. The minimum Gasteiger partial charge on any atom is -0.506 e. The molecule has 1 aromatic carbocycles. The number of ether oxygens (including phenoxy) is 2. The monoisotopic (exact) mass is 678 g/mol.